The minimum Gasteiger partial charge on any atom is -0.457 e. The zero-order valence-electron chi connectivity index (χ0n) is 40.8. The van der Waals surface area contributed by atoms with Crippen LogP contribution in [0.15, 0.2) is 146 Å². The largest absolute Gasteiger partial charge is 0.457 e. The van der Waals surface area contributed by atoms with Gasteiger partial charge >= 0.3 is 16.4 Å². The van der Waals surface area contributed by atoms with E-state index in [1.54, 1.807) is 0 Å². The molecule has 1 aliphatic heterocycles. The number of aliphatic hydroxyl groups is 3. The monoisotopic (exact) mass is 969 g/mol. The molecule has 4 N–H and O–H groups in total. The molecule has 1 saturated heterocycles. The SMILES string of the molecule is CC/C=C\C/C=C\C/C=C\C/C=C\C/C=C\C/C=C\C/C=C\CCCC(=O)OC(COCCCC/C=C\C/C=C\C/C=C\C/C=C\C/C=C\CC)COC1OC(CO)C(O)C(OS(=O)(=O)O)C1O. The van der Waals surface area contributed by atoms with Gasteiger partial charge in [-0.05, 0) is 109 Å². The van der Waals surface area contributed by atoms with Gasteiger partial charge in [0.2, 0.25) is 0 Å². The Morgan fingerprint density at radius 2 is 0.956 bits per heavy atom. The van der Waals surface area contributed by atoms with Gasteiger partial charge in [0.15, 0.2) is 6.29 Å². The van der Waals surface area contributed by atoms with Crippen molar-refractivity contribution in [2.75, 3.05) is 26.4 Å². The Hall–Kier alpha value is -4.02. The summed E-state index contributed by atoms with van der Waals surface area (Å²) in [5.74, 6) is -0.479. The molecule has 68 heavy (non-hydrogen) atoms. The van der Waals surface area contributed by atoms with Gasteiger partial charge in [0.05, 0.1) is 19.8 Å². The third-order valence-electron chi connectivity index (χ3n) is 9.96. The summed E-state index contributed by atoms with van der Waals surface area (Å²) in [5.41, 5.74) is 0. The fourth-order valence-electron chi connectivity index (χ4n) is 6.33. The average molecular weight is 969 g/mol. The number of esters is 1. The predicted octanol–water partition coefficient (Wildman–Crippen LogP) is 11.3. The van der Waals surface area contributed by atoms with Crippen LogP contribution in [0.5, 0.6) is 0 Å². The molecular weight excluding hydrogens is 885 g/mol. The van der Waals surface area contributed by atoms with Gasteiger partial charge in [0.25, 0.3) is 0 Å². The van der Waals surface area contributed by atoms with E-state index in [4.69, 9.17) is 18.9 Å². The first kappa shape index (κ1) is 62.0. The first-order valence-electron chi connectivity index (χ1n) is 24.6. The highest BCUT2D eigenvalue weighted by atomic mass is 32.3. The normalized spacial score (nSPS) is 20.6. The van der Waals surface area contributed by atoms with Crippen LogP contribution in [0.2, 0.25) is 0 Å². The van der Waals surface area contributed by atoms with E-state index in [1.807, 2.05) is 6.08 Å². The number of carbonyl (C=O) groups excluding carboxylic acids is 1. The number of hydrogen-bond donors (Lipinski definition) is 4. The minimum absolute atomic E-state index is 0.0287. The van der Waals surface area contributed by atoms with Gasteiger partial charge in [-0.15, -0.1) is 0 Å². The molecule has 0 spiro atoms. The summed E-state index contributed by atoms with van der Waals surface area (Å²) in [5, 5.41) is 30.7. The van der Waals surface area contributed by atoms with Crippen LogP contribution < -0.4 is 0 Å². The molecule has 0 aromatic heterocycles. The number of unbranched alkanes of at least 4 members (excludes halogenated alkanes) is 3. The highest BCUT2D eigenvalue weighted by molar-refractivity contribution is 7.80. The van der Waals surface area contributed by atoms with E-state index in [-0.39, 0.29) is 19.6 Å². The lowest BCUT2D eigenvalue weighted by molar-refractivity contribution is -0.301. The van der Waals surface area contributed by atoms with Crippen molar-refractivity contribution in [1.82, 2.24) is 0 Å². The Labute approximate surface area is 409 Å². The molecule has 0 amide bonds. The molecule has 1 aliphatic rings. The maximum Gasteiger partial charge on any atom is 0.397 e. The van der Waals surface area contributed by atoms with Crippen LogP contribution in [0, 0.1) is 0 Å². The van der Waals surface area contributed by atoms with Gasteiger partial charge in [0.1, 0.15) is 30.5 Å². The molecule has 0 aromatic rings. The molecule has 6 unspecified atom stereocenters. The number of allylic oxidation sites excluding steroid dienone is 24. The Morgan fingerprint density at radius 3 is 1.35 bits per heavy atom. The fourth-order valence-corrected chi connectivity index (χ4v) is 6.84. The number of hydrogen-bond acceptors (Lipinski definition) is 11. The van der Waals surface area contributed by atoms with Crippen molar-refractivity contribution in [2.45, 2.75) is 166 Å². The lowest BCUT2D eigenvalue weighted by Gasteiger charge is -2.41. The van der Waals surface area contributed by atoms with E-state index in [1.165, 1.54) is 0 Å². The molecule has 0 aromatic carbocycles. The molecule has 382 valence electrons. The van der Waals surface area contributed by atoms with Crippen LogP contribution in [-0.2, 0) is 38.3 Å². The minimum atomic E-state index is -5.09. The summed E-state index contributed by atoms with van der Waals surface area (Å²) >= 11 is 0. The molecule has 0 radical (unpaired) electrons. The summed E-state index contributed by atoms with van der Waals surface area (Å²) in [4.78, 5) is 12.9. The molecule has 0 saturated carbocycles. The Bertz CT molecular complexity index is 1730. The van der Waals surface area contributed by atoms with Crippen LogP contribution in [-0.4, -0.2) is 97.5 Å². The van der Waals surface area contributed by atoms with Gasteiger partial charge in [-0.25, -0.2) is 4.18 Å². The van der Waals surface area contributed by atoms with E-state index in [0.29, 0.717) is 19.4 Å². The first-order chi connectivity index (χ1) is 33.1. The summed E-state index contributed by atoms with van der Waals surface area (Å²) < 4.78 is 59.1. The van der Waals surface area contributed by atoms with Gasteiger partial charge < -0.3 is 34.3 Å². The van der Waals surface area contributed by atoms with Gasteiger partial charge in [0, 0.05) is 13.0 Å². The zero-order chi connectivity index (χ0) is 49.6. The van der Waals surface area contributed by atoms with E-state index in [9.17, 15) is 33.1 Å². The summed E-state index contributed by atoms with van der Waals surface area (Å²) in [7, 11) is -5.09. The third kappa shape index (κ3) is 36.9. The number of rotatable bonds is 40. The molecular formula is C55H84O12S. The zero-order valence-corrected chi connectivity index (χ0v) is 41.7. The molecule has 1 rings (SSSR count). The summed E-state index contributed by atoms with van der Waals surface area (Å²) in [6, 6.07) is 0. The molecule has 12 nitrogen and oxygen atoms in total. The third-order valence-corrected chi connectivity index (χ3v) is 10.4. The highest BCUT2D eigenvalue weighted by Gasteiger charge is 2.48. The van der Waals surface area contributed by atoms with Crippen molar-refractivity contribution >= 4 is 16.4 Å². The van der Waals surface area contributed by atoms with Crippen molar-refractivity contribution in [3.05, 3.63) is 146 Å². The average Bonchev–Trinajstić information content (AvgIpc) is 3.31. The van der Waals surface area contributed by atoms with Crippen molar-refractivity contribution in [3.63, 3.8) is 0 Å². The second-order valence-electron chi connectivity index (χ2n) is 15.9. The number of aliphatic hydroxyl groups excluding tert-OH is 3. The Balaban J connectivity index is 2.49. The molecule has 0 aliphatic carbocycles. The first-order valence-corrected chi connectivity index (χ1v) is 26.0. The lowest BCUT2D eigenvalue weighted by Crippen LogP contribution is -2.60. The lowest BCUT2D eigenvalue weighted by atomic mass is 9.99. The standard InChI is InChI=1S/C55H84O12S/c1-3-5-7-9-11-13-15-17-19-21-23-24-25-26-27-28-30-32-34-36-38-40-42-44-51(57)65-49(48-64-55-53(59)54(67-68(60,61)62)52(58)50(46-56)66-55)47-63-45-43-41-39-37-35-33-31-29-22-20-18-16-14-12-10-8-6-4-2/h5-8,11-14,17-20,23-24,26-27,29-32,35-38,49-50,52-56,58-59H,3-4,9-10,15-16,21-22,25,28,33-34,39-48H2,1-2H3,(H,60,61,62)/b7-5-,8-6-,13-11-,14-12-,19-17-,20-18-,24-23-,27-26-,31-29-,32-30-,37-35-,38-36-. The smallest absolute Gasteiger partial charge is 0.397 e. The highest BCUT2D eigenvalue weighted by Crippen LogP contribution is 2.26. The number of ether oxygens (including phenoxy) is 4. The van der Waals surface area contributed by atoms with Crippen LogP contribution in [0.1, 0.15) is 129 Å². The maximum atomic E-state index is 12.9. The molecule has 6 atom stereocenters. The Morgan fingerprint density at radius 1 is 0.559 bits per heavy atom. The van der Waals surface area contributed by atoms with Gasteiger partial charge in [-0.3, -0.25) is 9.35 Å². The van der Waals surface area contributed by atoms with E-state index in [2.05, 4.69) is 158 Å². The van der Waals surface area contributed by atoms with E-state index < -0.39 is 59.8 Å². The molecule has 13 heteroatoms. The predicted molar refractivity (Wildman–Crippen MR) is 275 cm³/mol. The van der Waals surface area contributed by atoms with Crippen LogP contribution in [0.25, 0.3) is 0 Å². The van der Waals surface area contributed by atoms with Crippen molar-refractivity contribution in [2.24, 2.45) is 0 Å². The van der Waals surface area contributed by atoms with Gasteiger partial charge in [-0.2, -0.15) is 8.42 Å². The molecule has 0 bridgehead atoms. The van der Waals surface area contributed by atoms with Crippen LogP contribution >= 0.6 is 0 Å². The number of carbonyl (C=O) groups is 1. The second-order valence-corrected chi connectivity index (χ2v) is 17.0. The van der Waals surface area contributed by atoms with Crippen molar-refractivity contribution < 1.29 is 56.2 Å². The summed E-state index contributed by atoms with van der Waals surface area (Å²) in [6.45, 7) is 3.54. The molecule has 1 fully saturated rings. The van der Waals surface area contributed by atoms with Crippen molar-refractivity contribution in [1.29, 1.82) is 0 Å². The Kier molecular flexibility index (Phi) is 40.3. The van der Waals surface area contributed by atoms with Gasteiger partial charge in [-0.1, -0.05) is 160 Å². The molecule has 1 heterocycles. The van der Waals surface area contributed by atoms with Crippen LogP contribution in [0.3, 0.4) is 0 Å². The van der Waals surface area contributed by atoms with Crippen LogP contribution in [0.4, 0.5) is 0 Å². The van der Waals surface area contributed by atoms with Crippen molar-refractivity contribution in [3.8, 4) is 0 Å². The fraction of sp³-hybridized carbons (Fsp3) is 0.545. The second kappa shape index (κ2) is 44.2. The van der Waals surface area contributed by atoms with E-state index in [0.717, 1.165) is 96.3 Å². The summed E-state index contributed by atoms with van der Waals surface area (Å²) in [6.07, 6.45) is 57.4. The quantitative estimate of drug-likeness (QED) is 0.0198. The van der Waals surface area contributed by atoms with E-state index >= 15 is 0 Å². The topological polar surface area (TPSA) is 178 Å². The maximum absolute atomic E-state index is 12.9.